The minimum atomic E-state index is -0.220. The Labute approximate surface area is 139 Å². The van der Waals surface area contributed by atoms with Crippen LogP contribution in [-0.4, -0.2) is 37.4 Å². The molecule has 23 heavy (non-hydrogen) atoms. The summed E-state index contributed by atoms with van der Waals surface area (Å²) in [5.74, 6) is 0.467. The monoisotopic (exact) mass is 332 g/mol. The van der Waals surface area contributed by atoms with Gasteiger partial charge in [-0.2, -0.15) is 0 Å². The highest BCUT2D eigenvalue weighted by Crippen LogP contribution is 2.15. The molecule has 1 aromatic carbocycles. The van der Waals surface area contributed by atoms with Gasteiger partial charge in [0.15, 0.2) is 0 Å². The van der Waals surface area contributed by atoms with Crippen molar-refractivity contribution >= 4 is 28.8 Å². The summed E-state index contributed by atoms with van der Waals surface area (Å²) in [6.07, 6.45) is 1.12. The van der Waals surface area contributed by atoms with Gasteiger partial charge in [0.2, 0.25) is 11.8 Å². The Bertz CT molecular complexity index is 638. The maximum Gasteiger partial charge on any atom is 0.243 e. The third kappa shape index (κ3) is 5.41. The summed E-state index contributed by atoms with van der Waals surface area (Å²) in [4.78, 5) is 26.7. The maximum absolute atomic E-state index is 12.0. The Kier molecular flexibility index (Phi) is 6.17. The molecular weight excluding hydrogens is 312 g/mol. The van der Waals surface area contributed by atoms with Crippen molar-refractivity contribution < 1.29 is 14.3 Å². The molecule has 5 nitrogen and oxygen atoms in total. The molecular formula is C17H20N2O3S. The first kappa shape index (κ1) is 17.0. The number of likely N-dealkylation sites (N-methyl/N-ethyl adjacent to an activating group) is 1. The minimum absolute atomic E-state index is 0.0370. The highest BCUT2D eigenvalue weighted by Gasteiger charge is 2.13. The van der Waals surface area contributed by atoms with Crippen LogP contribution in [0.4, 0.5) is 5.69 Å². The molecule has 2 aromatic rings. The van der Waals surface area contributed by atoms with E-state index in [1.807, 2.05) is 17.5 Å². The molecule has 0 aliphatic carbocycles. The summed E-state index contributed by atoms with van der Waals surface area (Å²) in [6.45, 7) is 0.0370. The Morgan fingerprint density at radius 2 is 1.96 bits per heavy atom. The first-order valence-electron chi connectivity index (χ1n) is 7.28. The van der Waals surface area contributed by atoms with Crippen molar-refractivity contribution in [2.75, 3.05) is 26.0 Å². The standard InChI is InChI=1S/C17H20N2O3S/c1-19(17(21)10-9-15-4-3-11-23-15)12-16(20)18-13-5-7-14(22-2)8-6-13/h3-8,11H,9-10,12H2,1-2H3,(H,18,20). The van der Waals surface area contributed by atoms with Gasteiger partial charge in [0.1, 0.15) is 5.75 Å². The first-order chi connectivity index (χ1) is 11.1. The number of benzene rings is 1. The average Bonchev–Trinajstić information content (AvgIpc) is 3.06. The number of aryl methyl sites for hydroxylation is 1. The Morgan fingerprint density at radius 1 is 1.22 bits per heavy atom. The molecule has 2 amide bonds. The van der Waals surface area contributed by atoms with Crippen LogP contribution < -0.4 is 10.1 Å². The predicted molar refractivity (Wildman–Crippen MR) is 91.9 cm³/mol. The van der Waals surface area contributed by atoms with Crippen molar-refractivity contribution in [1.82, 2.24) is 4.90 Å². The van der Waals surface area contributed by atoms with Crippen LogP contribution in [0.15, 0.2) is 41.8 Å². The number of carbonyl (C=O) groups is 2. The third-order valence-corrected chi connectivity index (χ3v) is 4.28. The summed E-state index contributed by atoms with van der Waals surface area (Å²) in [6, 6.07) is 11.0. The van der Waals surface area contributed by atoms with E-state index in [1.54, 1.807) is 49.8 Å². The first-order valence-corrected chi connectivity index (χ1v) is 8.16. The van der Waals surface area contributed by atoms with E-state index in [-0.39, 0.29) is 18.4 Å². The van der Waals surface area contributed by atoms with E-state index in [4.69, 9.17) is 4.74 Å². The quantitative estimate of drug-likeness (QED) is 0.848. The maximum atomic E-state index is 12.0. The number of nitrogens with one attached hydrogen (secondary N) is 1. The number of hydrogen-bond acceptors (Lipinski definition) is 4. The molecule has 1 heterocycles. The van der Waals surface area contributed by atoms with Gasteiger partial charge in [-0.25, -0.2) is 0 Å². The lowest BCUT2D eigenvalue weighted by Gasteiger charge is -2.16. The second-order valence-electron chi connectivity index (χ2n) is 5.11. The number of hydrogen-bond donors (Lipinski definition) is 1. The van der Waals surface area contributed by atoms with Gasteiger partial charge in [0, 0.05) is 24.0 Å². The van der Waals surface area contributed by atoms with Crippen LogP contribution in [-0.2, 0) is 16.0 Å². The molecule has 0 aliphatic heterocycles. The minimum Gasteiger partial charge on any atom is -0.497 e. The average molecular weight is 332 g/mol. The summed E-state index contributed by atoms with van der Waals surface area (Å²) >= 11 is 1.64. The summed E-state index contributed by atoms with van der Waals surface area (Å²) in [5, 5.41) is 4.75. The smallest absolute Gasteiger partial charge is 0.243 e. The molecule has 2 rings (SSSR count). The van der Waals surface area contributed by atoms with Crippen LogP contribution in [0.25, 0.3) is 0 Å². The molecule has 122 valence electrons. The zero-order chi connectivity index (χ0) is 16.7. The molecule has 6 heteroatoms. The van der Waals surface area contributed by atoms with Crippen molar-refractivity contribution in [3.63, 3.8) is 0 Å². The summed E-state index contributed by atoms with van der Waals surface area (Å²) < 4.78 is 5.06. The lowest BCUT2D eigenvalue weighted by molar-refractivity contribution is -0.133. The molecule has 0 saturated heterocycles. The molecule has 0 spiro atoms. The normalized spacial score (nSPS) is 10.2. The van der Waals surface area contributed by atoms with Crippen LogP contribution in [0, 0.1) is 0 Å². The molecule has 0 atom stereocenters. The van der Waals surface area contributed by atoms with Crippen LogP contribution in [0.5, 0.6) is 5.75 Å². The number of nitrogens with zero attached hydrogens (tertiary/aromatic N) is 1. The second-order valence-corrected chi connectivity index (χ2v) is 6.14. The van der Waals surface area contributed by atoms with E-state index >= 15 is 0 Å². The van der Waals surface area contributed by atoms with Gasteiger partial charge in [0.25, 0.3) is 0 Å². The van der Waals surface area contributed by atoms with Crippen LogP contribution >= 0.6 is 11.3 Å². The van der Waals surface area contributed by atoms with Crippen molar-refractivity contribution in [2.45, 2.75) is 12.8 Å². The van der Waals surface area contributed by atoms with Gasteiger partial charge in [-0.1, -0.05) is 6.07 Å². The van der Waals surface area contributed by atoms with E-state index in [2.05, 4.69) is 5.32 Å². The third-order valence-electron chi connectivity index (χ3n) is 3.35. The van der Waals surface area contributed by atoms with Gasteiger partial charge in [0.05, 0.1) is 13.7 Å². The fourth-order valence-corrected chi connectivity index (χ4v) is 2.76. The number of anilines is 1. The molecule has 0 bridgehead atoms. The second kappa shape index (κ2) is 8.33. The van der Waals surface area contributed by atoms with E-state index in [0.29, 0.717) is 18.5 Å². The Balaban J connectivity index is 1.77. The van der Waals surface area contributed by atoms with Gasteiger partial charge >= 0.3 is 0 Å². The SMILES string of the molecule is COc1ccc(NC(=O)CN(C)C(=O)CCc2cccs2)cc1. The van der Waals surface area contributed by atoms with Crippen molar-refractivity contribution in [3.8, 4) is 5.75 Å². The van der Waals surface area contributed by atoms with E-state index in [0.717, 1.165) is 5.75 Å². The number of amides is 2. The van der Waals surface area contributed by atoms with Crippen LogP contribution in [0.3, 0.4) is 0 Å². The van der Waals surface area contributed by atoms with Gasteiger partial charge in [-0.3, -0.25) is 9.59 Å². The Hall–Kier alpha value is -2.34. The highest BCUT2D eigenvalue weighted by atomic mass is 32.1. The van der Waals surface area contributed by atoms with E-state index in [9.17, 15) is 9.59 Å². The van der Waals surface area contributed by atoms with Gasteiger partial charge < -0.3 is 15.0 Å². The Morgan fingerprint density at radius 3 is 2.57 bits per heavy atom. The summed E-state index contributed by atoms with van der Waals surface area (Å²) in [7, 11) is 3.23. The number of methoxy groups -OCH3 is 1. The molecule has 1 N–H and O–H groups in total. The molecule has 1 aromatic heterocycles. The fourth-order valence-electron chi connectivity index (χ4n) is 2.05. The fraction of sp³-hybridized carbons (Fsp3) is 0.294. The predicted octanol–water partition coefficient (Wildman–Crippen LogP) is 2.79. The molecule has 0 radical (unpaired) electrons. The van der Waals surface area contributed by atoms with Crippen LogP contribution in [0.1, 0.15) is 11.3 Å². The summed E-state index contributed by atoms with van der Waals surface area (Å²) in [5.41, 5.74) is 0.676. The lowest BCUT2D eigenvalue weighted by Crippen LogP contribution is -2.35. The van der Waals surface area contributed by atoms with Gasteiger partial charge in [-0.15, -0.1) is 11.3 Å². The molecule has 0 fully saturated rings. The van der Waals surface area contributed by atoms with Crippen molar-refractivity contribution in [1.29, 1.82) is 0 Å². The molecule has 0 unspecified atom stereocenters. The highest BCUT2D eigenvalue weighted by molar-refractivity contribution is 7.09. The number of rotatable bonds is 7. The van der Waals surface area contributed by atoms with E-state index in [1.165, 1.54) is 9.78 Å². The molecule has 0 aliphatic rings. The van der Waals surface area contributed by atoms with Crippen molar-refractivity contribution in [3.05, 3.63) is 46.7 Å². The van der Waals surface area contributed by atoms with Crippen LogP contribution in [0.2, 0.25) is 0 Å². The van der Waals surface area contributed by atoms with Gasteiger partial charge in [-0.05, 0) is 42.1 Å². The topological polar surface area (TPSA) is 58.6 Å². The van der Waals surface area contributed by atoms with E-state index < -0.39 is 0 Å². The zero-order valence-corrected chi connectivity index (χ0v) is 14.1. The zero-order valence-electron chi connectivity index (χ0n) is 13.2. The van der Waals surface area contributed by atoms with Crippen molar-refractivity contribution in [2.24, 2.45) is 0 Å². The lowest BCUT2D eigenvalue weighted by atomic mass is 10.2. The number of thiophene rings is 1. The number of carbonyl (C=O) groups excluding carboxylic acids is 2. The number of ether oxygens (including phenoxy) is 1. The largest absolute Gasteiger partial charge is 0.497 e. The molecule has 0 saturated carbocycles.